The van der Waals surface area contributed by atoms with E-state index in [0.29, 0.717) is 49.7 Å². The predicted octanol–water partition coefficient (Wildman–Crippen LogP) is 8.94. The van der Waals surface area contributed by atoms with E-state index < -0.39 is 29.4 Å². The average Bonchev–Trinajstić information content (AvgIpc) is 2.97. The van der Waals surface area contributed by atoms with Gasteiger partial charge in [-0.3, -0.25) is 0 Å². The van der Waals surface area contributed by atoms with Gasteiger partial charge in [0.15, 0.2) is 23.2 Å². The van der Waals surface area contributed by atoms with Crippen molar-refractivity contribution in [3.63, 3.8) is 0 Å². The predicted molar refractivity (Wildman–Crippen MR) is 148 cm³/mol. The molecule has 0 bridgehead atoms. The Morgan fingerprint density at radius 2 is 1.62 bits per heavy atom. The highest BCUT2D eigenvalue weighted by Crippen LogP contribution is 2.38. The molecule has 1 atom stereocenters. The molecule has 3 aromatic rings. The Balaban J connectivity index is 1.34. The Bertz CT molecular complexity index is 1280. The van der Waals surface area contributed by atoms with Crippen molar-refractivity contribution in [1.29, 1.82) is 0 Å². The van der Waals surface area contributed by atoms with E-state index in [-0.39, 0.29) is 42.1 Å². The zero-order valence-electron chi connectivity index (χ0n) is 22.8. The number of ether oxygens (including phenoxy) is 2. The molecule has 3 nitrogen and oxygen atoms in total. The SMILES string of the molecule is C=CCCOc1ccc(COC2CCC(c3ccc(-c4ccc(C(O)CCC)cc4)c(F)c3F)CC2)c(F)c1F. The first kappa shape index (κ1) is 29.8. The van der Waals surface area contributed by atoms with Crippen molar-refractivity contribution >= 4 is 0 Å². The van der Waals surface area contributed by atoms with Gasteiger partial charge in [-0.15, -0.1) is 6.58 Å². The molecule has 1 unspecified atom stereocenters. The molecule has 4 rings (SSSR count). The number of benzene rings is 3. The third-order valence-electron chi connectivity index (χ3n) is 7.58. The maximum atomic E-state index is 15.2. The van der Waals surface area contributed by atoms with Crippen molar-refractivity contribution in [3.05, 3.63) is 101 Å². The zero-order valence-corrected chi connectivity index (χ0v) is 22.8. The Hall–Kier alpha value is -3.16. The quantitative estimate of drug-likeness (QED) is 0.138. The second-order valence-electron chi connectivity index (χ2n) is 10.3. The molecule has 0 amide bonds. The number of hydrogen-bond donors (Lipinski definition) is 1. The summed E-state index contributed by atoms with van der Waals surface area (Å²) in [6.07, 6.45) is 5.26. The Labute approximate surface area is 233 Å². The highest BCUT2D eigenvalue weighted by Gasteiger charge is 2.27. The third-order valence-corrected chi connectivity index (χ3v) is 7.58. The van der Waals surface area contributed by atoms with Crippen LogP contribution in [0.4, 0.5) is 17.6 Å². The highest BCUT2D eigenvalue weighted by atomic mass is 19.2. The number of rotatable bonds is 12. The molecular formula is C33H36F4O3. The molecule has 1 N–H and O–H groups in total. The fourth-order valence-electron chi connectivity index (χ4n) is 5.22. The van der Waals surface area contributed by atoms with E-state index in [1.807, 2.05) is 6.92 Å². The standard InChI is InChI=1S/C33H36F4O3/c1-3-5-19-39-29-18-13-24(30(34)33(29)37)20-40-25-14-11-22(12-15-25)27-17-16-26(31(35)32(27)36)21-7-9-23(10-8-21)28(38)6-4-2/h3,7-10,13,16-18,22,25,28,38H,1,4-6,11-12,14-15,19-20H2,2H3. The van der Waals surface area contributed by atoms with Gasteiger partial charge in [0.1, 0.15) is 0 Å². The van der Waals surface area contributed by atoms with E-state index in [4.69, 9.17) is 9.47 Å². The van der Waals surface area contributed by atoms with Gasteiger partial charge in [-0.1, -0.05) is 55.8 Å². The lowest BCUT2D eigenvalue weighted by Crippen LogP contribution is -2.21. The minimum Gasteiger partial charge on any atom is -0.490 e. The maximum Gasteiger partial charge on any atom is 0.200 e. The van der Waals surface area contributed by atoms with E-state index in [1.165, 1.54) is 12.1 Å². The summed E-state index contributed by atoms with van der Waals surface area (Å²) in [6.45, 7) is 5.68. The van der Waals surface area contributed by atoms with Crippen molar-refractivity contribution in [1.82, 2.24) is 0 Å². The van der Waals surface area contributed by atoms with Gasteiger partial charge in [-0.25, -0.2) is 13.2 Å². The van der Waals surface area contributed by atoms with Crippen LogP contribution in [0.3, 0.4) is 0 Å². The van der Waals surface area contributed by atoms with Crippen LogP contribution < -0.4 is 4.74 Å². The molecule has 0 aromatic heterocycles. The normalized spacial score (nSPS) is 17.9. The molecule has 1 fully saturated rings. The van der Waals surface area contributed by atoms with E-state index in [1.54, 1.807) is 42.5 Å². The molecular weight excluding hydrogens is 520 g/mol. The average molecular weight is 557 g/mol. The zero-order chi connectivity index (χ0) is 28.6. The summed E-state index contributed by atoms with van der Waals surface area (Å²) < 4.78 is 70.2. The number of halogens is 4. The molecule has 214 valence electrons. The van der Waals surface area contributed by atoms with Gasteiger partial charge in [0.2, 0.25) is 5.82 Å². The van der Waals surface area contributed by atoms with E-state index in [9.17, 15) is 13.9 Å². The smallest absolute Gasteiger partial charge is 0.200 e. The van der Waals surface area contributed by atoms with Crippen LogP contribution in [0, 0.1) is 23.3 Å². The van der Waals surface area contributed by atoms with Gasteiger partial charge in [-0.05, 0) is 73.3 Å². The number of aliphatic hydroxyl groups is 1. The second kappa shape index (κ2) is 14.0. The summed E-state index contributed by atoms with van der Waals surface area (Å²) in [7, 11) is 0. The van der Waals surface area contributed by atoms with Gasteiger partial charge in [-0.2, -0.15) is 4.39 Å². The third kappa shape index (κ3) is 6.94. The van der Waals surface area contributed by atoms with Crippen LogP contribution in [0.5, 0.6) is 5.75 Å². The monoisotopic (exact) mass is 556 g/mol. The largest absolute Gasteiger partial charge is 0.490 e. The van der Waals surface area contributed by atoms with Gasteiger partial charge in [0.05, 0.1) is 25.4 Å². The molecule has 1 aliphatic carbocycles. The van der Waals surface area contributed by atoms with Gasteiger partial charge >= 0.3 is 0 Å². The maximum absolute atomic E-state index is 15.2. The van der Waals surface area contributed by atoms with Crippen LogP contribution in [-0.2, 0) is 11.3 Å². The summed E-state index contributed by atoms with van der Waals surface area (Å²) in [5, 5.41) is 10.2. The summed E-state index contributed by atoms with van der Waals surface area (Å²) in [4.78, 5) is 0. The van der Waals surface area contributed by atoms with Gasteiger partial charge < -0.3 is 14.6 Å². The summed E-state index contributed by atoms with van der Waals surface area (Å²) in [6, 6.07) is 13.0. The molecule has 0 spiro atoms. The molecule has 0 saturated heterocycles. The first-order chi connectivity index (χ1) is 19.3. The Morgan fingerprint density at radius 1 is 0.900 bits per heavy atom. The lowest BCUT2D eigenvalue weighted by Gasteiger charge is -2.29. The molecule has 7 heteroatoms. The molecule has 0 heterocycles. The highest BCUT2D eigenvalue weighted by molar-refractivity contribution is 5.65. The van der Waals surface area contributed by atoms with Crippen molar-refractivity contribution in [2.24, 2.45) is 0 Å². The van der Waals surface area contributed by atoms with Gasteiger partial charge in [0.25, 0.3) is 0 Å². The van der Waals surface area contributed by atoms with Crippen LogP contribution in [0.25, 0.3) is 11.1 Å². The topological polar surface area (TPSA) is 38.7 Å². The van der Waals surface area contributed by atoms with Crippen molar-refractivity contribution in [2.75, 3.05) is 6.61 Å². The Morgan fingerprint density at radius 3 is 2.30 bits per heavy atom. The molecule has 0 aliphatic heterocycles. The molecule has 1 aliphatic rings. The summed E-state index contributed by atoms with van der Waals surface area (Å²) in [5.74, 6) is -4.06. The summed E-state index contributed by atoms with van der Waals surface area (Å²) >= 11 is 0. The minimum atomic E-state index is -1.04. The Kier molecular flexibility index (Phi) is 10.4. The second-order valence-corrected chi connectivity index (χ2v) is 10.3. The number of hydrogen-bond acceptors (Lipinski definition) is 3. The molecule has 0 radical (unpaired) electrons. The lowest BCUT2D eigenvalue weighted by molar-refractivity contribution is 0.0116. The lowest BCUT2D eigenvalue weighted by atomic mass is 9.82. The van der Waals surface area contributed by atoms with Crippen LogP contribution in [0.2, 0.25) is 0 Å². The minimum absolute atomic E-state index is 0.0863. The fourth-order valence-corrected chi connectivity index (χ4v) is 5.22. The van der Waals surface area contributed by atoms with Crippen LogP contribution >= 0.6 is 0 Å². The fraction of sp³-hybridized carbons (Fsp3) is 0.394. The van der Waals surface area contributed by atoms with E-state index in [0.717, 1.165) is 12.0 Å². The molecule has 1 saturated carbocycles. The molecule has 3 aromatic carbocycles. The van der Waals surface area contributed by atoms with Gasteiger partial charge in [0, 0.05) is 11.1 Å². The van der Waals surface area contributed by atoms with Crippen LogP contribution in [0.15, 0.2) is 61.2 Å². The van der Waals surface area contributed by atoms with E-state index >= 15 is 8.78 Å². The molecule has 40 heavy (non-hydrogen) atoms. The van der Waals surface area contributed by atoms with Crippen LogP contribution in [0.1, 0.15) is 80.6 Å². The first-order valence-corrected chi connectivity index (χ1v) is 13.9. The van der Waals surface area contributed by atoms with Crippen molar-refractivity contribution in [3.8, 4) is 16.9 Å². The van der Waals surface area contributed by atoms with Crippen molar-refractivity contribution in [2.45, 2.75) is 76.6 Å². The summed E-state index contributed by atoms with van der Waals surface area (Å²) in [5.41, 5.74) is 1.93. The van der Waals surface area contributed by atoms with Crippen molar-refractivity contribution < 1.29 is 32.1 Å². The first-order valence-electron chi connectivity index (χ1n) is 13.9. The number of aliphatic hydroxyl groups excluding tert-OH is 1. The van der Waals surface area contributed by atoms with Crippen LogP contribution in [-0.4, -0.2) is 17.8 Å². The van der Waals surface area contributed by atoms with E-state index in [2.05, 4.69) is 6.58 Å².